The molecule has 0 aromatic carbocycles. The molecule has 1 aliphatic carbocycles. The van der Waals surface area contributed by atoms with E-state index in [-0.39, 0.29) is 11.2 Å². The summed E-state index contributed by atoms with van der Waals surface area (Å²) in [5, 5.41) is 0.241. The van der Waals surface area contributed by atoms with Crippen molar-refractivity contribution in [3.63, 3.8) is 0 Å². The van der Waals surface area contributed by atoms with Crippen molar-refractivity contribution >= 4 is 16.7 Å². The van der Waals surface area contributed by atoms with E-state index in [0.29, 0.717) is 30.1 Å². The molecular formula is C14H25NO2S. The third-order valence-electron chi connectivity index (χ3n) is 4.32. The highest BCUT2D eigenvalue weighted by Crippen LogP contribution is 2.46. The van der Waals surface area contributed by atoms with Gasteiger partial charge >= 0.3 is 0 Å². The maximum absolute atomic E-state index is 12.2. The minimum Gasteiger partial charge on any atom is -0.342 e. The number of carbonyl (C=O) groups excluding carboxylic acids is 1. The summed E-state index contributed by atoms with van der Waals surface area (Å²) in [5.74, 6) is 1.52. The van der Waals surface area contributed by atoms with E-state index >= 15 is 0 Å². The topological polar surface area (TPSA) is 37.4 Å². The zero-order chi connectivity index (χ0) is 13.3. The molecule has 2 unspecified atom stereocenters. The van der Waals surface area contributed by atoms with E-state index in [9.17, 15) is 9.00 Å². The number of hydrogen-bond donors (Lipinski definition) is 0. The van der Waals surface area contributed by atoms with Gasteiger partial charge in [-0.3, -0.25) is 9.00 Å². The zero-order valence-corrected chi connectivity index (χ0v) is 12.6. The van der Waals surface area contributed by atoms with E-state index < -0.39 is 10.8 Å². The average Bonchev–Trinajstić information content (AvgIpc) is 2.40. The van der Waals surface area contributed by atoms with Crippen LogP contribution in [0, 0.1) is 11.3 Å². The van der Waals surface area contributed by atoms with Crippen LogP contribution in [-0.2, 0) is 15.6 Å². The number of rotatable bonds is 2. The Morgan fingerprint density at radius 3 is 2.61 bits per heavy atom. The summed E-state index contributed by atoms with van der Waals surface area (Å²) >= 11 is 0. The zero-order valence-electron chi connectivity index (χ0n) is 11.8. The summed E-state index contributed by atoms with van der Waals surface area (Å²) < 4.78 is 11.7. The molecule has 0 aromatic heterocycles. The third kappa shape index (κ3) is 3.34. The molecule has 2 rings (SSSR count). The molecule has 104 valence electrons. The lowest BCUT2D eigenvalue weighted by molar-refractivity contribution is -0.133. The largest absolute Gasteiger partial charge is 0.342 e. The molecule has 1 aliphatic heterocycles. The van der Waals surface area contributed by atoms with Crippen LogP contribution in [-0.4, -0.2) is 39.1 Å². The fourth-order valence-electron chi connectivity index (χ4n) is 3.26. The predicted molar refractivity (Wildman–Crippen MR) is 74.8 cm³/mol. The minimum atomic E-state index is -0.746. The summed E-state index contributed by atoms with van der Waals surface area (Å²) in [5.41, 5.74) is 0.444. The maximum Gasteiger partial charge on any atom is 0.222 e. The summed E-state index contributed by atoms with van der Waals surface area (Å²) in [6.45, 7) is 8.04. The average molecular weight is 271 g/mol. The van der Waals surface area contributed by atoms with Gasteiger partial charge in [-0.2, -0.15) is 0 Å². The molecule has 4 heteroatoms. The van der Waals surface area contributed by atoms with Gasteiger partial charge in [0.05, 0.1) is 0 Å². The molecule has 1 amide bonds. The van der Waals surface area contributed by atoms with Crippen molar-refractivity contribution in [2.75, 3.05) is 18.8 Å². The third-order valence-corrected chi connectivity index (χ3v) is 6.03. The van der Waals surface area contributed by atoms with Gasteiger partial charge in [0.15, 0.2) is 0 Å². The quantitative estimate of drug-likeness (QED) is 0.772. The van der Waals surface area contributed by atoms with Crippen LogP contribution in [0.15, 0.2) is 0 Å². The fraction of sp³-hybridized carbons (Fsp3) is 0.929. The highest BCUT2D eigenvalue weighted by Gasteiger charge is 2.37. The Morgan fingerprint density at radius 2 is 2.00 bits per heavy atom. The molecule has 0 bridgehead atoms. The van der Waals surface area contributed by atoms with E-state index in [1.54, 1.807) is 0 Å². The van der Waals surface area contributed by atoms with Gasteiger partial charge in [0, 0.05) is 41.3 Å². The Kier molecular flexibility index (Phi) is 4.15. The predicted octanol–water partition coefficient (Wildman–Crippen LogP) is 2.18. The van der Waals surface area contributed by atoms with E-state index in [1.165, 1.54) is 12.8 Å². The number of hydrogen-bond acceptors (Lipinski definition) is 2. The Balaban J connectivity index is 1.81. The molecule has 0 radical (unpaired) electrons. The molecule has 1 saturated carbocycles. The van der Waals surface area contributed by atoms with E-state index in [0.717, 1.165) is 13.0 Å². The Hall–Kier alpha value is -0.380. The Labute approximate surface area is 113 Å². The van der Waals surface area contributed by atoms with Crippen LogP contribution in [0.1, 0.15) is 46.5 Å². The molecule has 1 heterocycles. The van der Waals surface area contributed by atoms with Crippen LogP contribution >= 0.6 is 0 Å². The van der Waals surface area contributed by atoms with Crippen molar-refractivity contribution in [2.24, 2.45) is 11.3 Å². The Bertz CT molecular complexity index is 346. The molecular weight excluding hydrogens is 246 g/mol. The number of nitrogens with zero attached hydrogens (tertiary/aromatic N) is 1. The van der Waals surface area contributed by atoms with Gasteiger partial charge in [0.25, 0.3) is 0 Å². The van der Waals surface area contributed by atoms with Crippen LogP contribution in [0.3, 0.4) is 0 Å². The van der Waals surface area contributed by atoms with E-state index in [2.05, 4.69) is 13.8 Å². The van der Waals surface area contributed by atoms with Crippen molar-refractivity contribution in [1.29, 1.82) is 0 Å². The second-order valence-electron chi connectivity index (χ2n) is 6.71. The lowest BCUT2D eigenvalue weighted by atomic mass is 9.63. The van der Waals surface area contributed by atoms with Crippen molar-refractivity contribution in [1.82, 2.24) is 4.90 Å². The second kappa shape index (κ2) is 5.32. The normalized spacial score (nSPS) is 32.7. The lowest BCUT2D eigenvalue weighted by Crippen LogP contribution is -2.39. The molecule has 0 aromatic rings. The van der Waals surface area contributed by atoms with Gasteiger partial charge in [-0.05, 0) is 30.6 Å². The molecule has 0 spiro atoms. The first kappa shape index (κ1) is 14.0. The molecule has 2 aliphatic rings. The van der Waals surface area contributed by atoms with Crippen molar-refractivity contribution in [3.05, 3.63) is 0 Å². The smallest absolute Gasteiger partial charge is 0.222 e. The summed E-state index contributed by atoms with van der Waals surface area (Å²) in [6, 6.07) is 0. The molecule has 3 nitrogen and oxygen atoms in total. The molecule has 1 saturated heterocycles. The van der Waals surface area contributed by atoms with Crippen molar-refractivity contribution in [2.45, 2.75) is 51.7 Å². The second-order valence-corrected chi connectivity index (χ2v) is 8.68. The summed E-state index contributed by atoms with van der Waals surface area (Å²) in [7, 11) is -0.746. The van der Waals surface area contributed by atoms with Crippen molar-refractivity contribution in [3.8, 4) is 0 Å². The van der Waals surface area contributed by atoms with E-state index in [4.69, 9.17) is 0 Å². The van der Waals surface area contributed by atoms with Gasteiger partial charge in [-0.25, -0.2) is 0 Å². The van der Waals surface area contributed by atoms with Crippen LogP contribution in [0.4, 0.5) is 0 Å². The van der Waals surface area contributed by atoms with Crippen LogP contribution < -0.4 is 0 Å². The highest BCUT2D eigenvalue weighted by molar-refractivity contribution is 7.85. The van der Waals surface area contributed by atoms with Crippen molar-refractivity contribution < 1.29 is 9.00 Å². The monoisotopic (exact) mass is 271 g/mol. The number of carbonyl (C=O) groups is 1. The lowest BCUT2D eigenvalue weighted by Gasteiger charge is -2.43. The van der Waals surface area contributed by atoms with Gasteiger partial charge < -0.3 is 4.90 Å². The van der Waals surface area contributed by atoms with Gasteiger partial charge in [0.1, 0.15) is 0 Å². The fourth-order valence-corrected chi connectivity index (χ4v) is 4.43. The number of amides is 1. The van der Waals surface area contributed by atoms with Crippen LogP contribution in [0.25, 0.3) is 0 Å². The molecule has 2 atom stereocenters. The summed E-state index contributed by atoms with van der Waals surface area (Å²) in [6.07, 6.45) is 3.93. The van der Waals surface area contributed by atoms with Crippen LogP contribution in [0.2, 0.25) is 0 Å². The Morgan fingerprint density at radius 1 is 1.33 bits per heavy atom. The SMILES string of the molecule is CC1CCN(C(=O)CC2CC(C)(C)C2)CCS1=O. The van der Waals surface area contributed by atoms with Gasteiger partial charge in [-0.15, -0.1) is 0 Å². The van der Waals surface area contributed by atoms with Gasteiger partial charge in [-0.1, -0.05) is 20.8 Å². The maximum atomic E-state index is 12.2. The first-order valence-corrected chi connectivity index (χ1v) is 8.40. The first-order valence-electron chi connectivity index (χ1n) is 7.02. The van der Waals surface area contributed by atoms with Crippen LogP contribution in [0.5, 0.6) is 0 Å². The van der Waals surface area contributed by atoms with Gasteiger partial charge in [0.2, 0.25) is 5.91 Å². The molecule has 18 heavy (non-hydrogen) atoms. The molecule has 2 fully saturated rings. The summed E-state index contributed by atoms with van der Waals surface area (Å²) in [4.78, 5) is 14.1. The first-order chi connectivity index (χ1) is 8.37. The standard InChI is InChI=1S/C14H25NO2S/c1-11-4-5-15(6-7-18(11)17)13(16)8-12-9-14(2,3)10-12/h11-12H,4-10H2,1-3H3. The molecule has 0 N–H and O–H groups in total. The van der Waals surface area contributed by atoms with E-state index in [1.807, 2.05) is 11.8 Å². The highest BCUT2D eigenvalue weighted by atomic mass is 32.2. The minimum absolute atomic E-state index is 0.241.